The number of nitrogens with zero attached hydrogens (tertiary/aromatic N) is 2. The van der Waals surface area contributed by atoms with Gasteiger partial charge in [0.05, 0.1) is 41.7 Å². The minimum absolute atomic E-state index is 0.222. The first-order valence-electron chi connectivity index (χ1n) is 9.50. The number of methoxy groups -OCH3 is 2. The number of hydrogen-bond donors (Lipinski definition) is 2. The van der Waals surface area contributed by atoms with Crippen LogP contribution in [0.15, 0.2) is 53.1 Å². The number of rotatable bonds is 8. The molecule has 2 aromatic carbocycles. The second-order valence-corrected chi connectivity index (χ2v) is 7.56. The van der Waals surface area contributed by atoms with Crippen LogP contribution in [-0.4, -0.2) is 36.3 Å². The molecule has 3 aromatic rings. The molecule has 1 heterocycles. The van der Waals surface area contributed by atoms with Gasteiger partial charge in [-0.1, -0.05) is 12.1 Å². The quantitative estimate of drug-likeness (QED) is 0.413. The number of benzene rings is 2. The molecule has 0 aliphatic heterocycles. The summed E-state index contributed by atoms with van der Waals surface area (Å²) in [6, 6.07) is 12.5. The van der Waals surface area contributed by atoms with Gasteiger partial charge in [0.1, 0.15) is 17.3 Å². The van der Waals surface area contributed by atoms with E-state index in [0.717, 1.165) is 0 Å². The monoisotopic (exact) mass is 486 g/mol. The number of ether oxygens (including phenoxy) is 3. The SMILES string of the molecule is COc1ccc(OC)c(Nc2ncc(Br)c(Nc3ccccc3C(=O)OC(C)C)n2)c1. The summed E-state index contributed by atoms with van der Waals surface area (Å²) in [4.78, 5) is 21.3. The molecule has 162 valence electrons. The minimum Gasteiger partial charge on any atom is -0.497 e. The van der Waals surface area contributed by atoms with Crippen LogP contribution in [0.2, 0.25) is 0 Å². The van der Waals surface area contributed by atoms with E-state index in [0.29, 0.717) is 44.7 Å². The van der Waals surface area contributed by atoms with E-state index in [2.05, 4.69) is 36.5 Å². The summed E-state index contributed by atoms with van der Waals surface area (Å²) in [5.41, 5.74) is 1.62. The molecule has 0 radical (unpaired) electrons. The van der Waals surface area contributed by atoms with E-state index >= 15 is 0 Å². The summed E-state index contributed by atoms with van der Waals surface area (Å²) in [6.07, 6.45) is 1.39. The van der Waals surface area contributed by atoms with Gasteiger partial charge in [-0.25, -0.2) is 9.78 Å². The maximum Gasteiger partial charge on any atom is 0.340 e. The van der Waals surface area contributed by atoms with Crippen LogP contribution in [0.5, 0.6) is 11.5 Å². The van der Waals surface area contributed by atoms with Gasteiger partial charge in [-0.05, 0) is 54.0 Å². The molecule has 0 unspecified atom stereocenters. The Labute approximate surface area is 189 Å². The lowest BCUT2D eigenvalue weighted by Crippen LogP contribution is -2.13. The molecule has 8 nitrogen and oxygen atoms in total. The standard InChI is InChI=1S/C22H23BrN4O4/c1-13(2)31-21(28)15-7-5-6-8-17(15)25-20-16(23)12-24-22(27-20)26-18-11-14(29-3)9-10-19(18)30-4/h5-13H,1-4H3,(H2,24,25,26,27). The predicted octanol–water partition coefficient (Wildman–Crippen LogP) is 5.31. The Balaban J connectivity index is 1.89. The highest BCUT2D eigenvalue weighted by Crippen LogP contribution is 2.32. The van der Waals surface area contributed by atoms with Gasteiger partial charge >= 0.3 is 5.97 Å². The van der Waals surface area contributed by atoms with Crippen molar-refractivity contribution >= 4 is 45.0 Å². The highest BCUT2D eigenvalue weighted by molar-refractivity contribution is 9.10. The number of nitrogens with one attached hydrogen (secondary N) is 2. The number of aromatic nitrogens is 2. The van der Waals surface area contributed by atoms with E-state index in [4.69, 9.17) is 14.2 Å². The predicted molar refractivity (Wildman–Crippen MR) is 123 cm³/mol. The van der Waals surface area contributed by atoms with Gasteiger partial charge in [-0.15, -0.1) is 0 Å². The van der Waals surface area contributed by atoms with Gasteiger partial charge in [0.25, 0.3) is 0 Å². The fraction of sp³-hybridized carbons (Fsp3) is 0.227. The summed E-state index contributed by atoms with van der Waals surface area (Å²) >= 11 is 3.45. The fourth-order valence-electron chi connectivity index (χ4n) is 2.72. The lowest BCUT2D eigenvalue weighted by atomic mass is 10.2. The van der Waals surface area contributed by atoms with Crippen molar-refractivity contribution in [3.8, 4) is 11.5 Å². The average Bonchev–Trinajstić information content (AvgIpc) is 2.76. The highest BCUT2D eigenvalue weighted by Gasteiger charge is 2.16. The molecule has 0 spiro atoms. The molecule has 0 aliphatic carbocycles. The van der Waals surface area contributed by atoms with E-state index in [1.54, 1.807) is 70.7 Å². The average molecular weight is 487 g/mol. The van der Waals surface area contributed by atoms with E-state index < -0.39 is 5.97 Å². The molecular weight excluding hydrogens is 464 g/mol. The fourth-order valence-corrected chi connectivity index (χ4v) is 3.01. The van der Waals surface area contributed by atoms with Crippen LogP contribution in [-0.2, 0) is 4.74 Å². The van der Waals surface area contributed by atoms with Crippen molar-refractivity contribution in [3.05, 3.63) is 58.7 Å². The maximum atomic E-state index is 12.4. The third-order valence-corrected chi connectivity index (χ3v) is 4.72. The second kappa shape index (κ2) is 10.1. The molecule has 0 bridgehead atoms. The van der Waals surface area contributed by atoms with Crippen molar-refractivity contribution in [3.63, 3.8) is 0 Å². The van der Waals surface area contributed by atoms with Crippen LogP contribution >= 0.6 is 15.9 Å². The summed E-state index contributed by atoms with van der Waals surface area (Å²) in [5.74, 6) is 1.67. The van der Waals surface area contributed by atoms with E-state index in [-0.39, 0.29) is 6.10 Å². The smallest absolute Gasteiger partial charge is 0.340 e. The molecule has 3 rings (SSSR count). The lowest BCUT2D eigenvalue weighted by Gasteiger charge is -2.15. The second-order valence-electron chi connectivity index (χ2n) is 6.71. The van der Waals surface area contributed by atoms with Crippen molar-refractivity contribution in [1.29, 1.82) is 0 Å². The Bertz CT molecular complexity index is 1080. The zero-order valence-electron chi connectivity index (χ0n) is 17.6. The topological polar surface area (TPSA) is 94.6 Å². The van der Waals surface area contributed by atoms with Gasteiger partial charge in [-0.3, -0.25) is 0 Å². The zero-order chi connectivity index (χ0) is 22.4. The van der Waals surface area contributed by atoms with Crippen molar-refractivity contribution in [2.24, 2.45) is 0 Å². The summed E-state index contributed by atoms with van der Waals surface area (Å²) in [6.45, 7) is 3.61. The zero-order valence-corrected chi connectivity index (χ0v) is 19.2. The van der Waals surface area contributed by atoms with Gasteiger partial charge in [0.15, 0.2) is 0 Å². The van der Waals surface area contributed by atoms with Gasteiger partial charge in [0.2, 0.25) is 5.95 Å². The first-order valence-corrected chi connectivity index (χ1v) is 10.3. The van der Waals surface area contributed by atoms with Gasteiger partial charge in [0, 0.05) is 12.3 Å². The van der Waals surface area contributed by atoms with Gasteiger partial charge in [-0.2, -0.15) is 4.98 Å². The number of esters is 1. The first-order chi connectivity index (χ1) is 14.9. The number of halogens is 1. The third kappa shape index (κ3) is 5.64. The summed E-state index contributed by atoms with van der Waals surface area (Å²) in [7, 11) is 3.17. The first kappa shape index (κ1) is 22.4. The van der Waals surface area contributed by atoms with Crippen LogP contribution in [0.3, 0.4) is 0 Å². The molecule has 2 N–H and O–H groups in total. The van der Waals surface area contributed by atoms with E-state index in [1.807, 2.05) is 6.07 Å². The molecule has 0 saturated heterocycles. The molecule has 0 saturated carbocycles. The largest absolute Gasteiger partial charge is 0.497 e. The summed E-state index contributed by atoms with van der Waals surface area (Å²) < 4.78 is 16.6. The molecule has 0 aliphatic rings. The molecule has 0 atom stereocenters. The van der Waals surface area contributed by atoms with Gasteiger partial charge < -0.3 is 24.8 Å². The number of para-hydroxylation sites is 1. The van der Waals surface area contributed by atoms with Crippen LogP contribution in [0.4, 0.5) is 23.1 Å². The summed E-state index contributed by atoms with van der Waals surface area (Å²) in [5, 5.41) is 6.31. The Morgan fingerprint density at radius 2 is 1.81 bits per heavy atom. The Kier molecular flexibility index (Phi) is 7.30. The van der Waals surface area contributed by atoms with Crippen molar-refractivity contribution in [2.45, 2.75) is 20.0 Å². The lowest BCUT2D eigenvalue weighted by molar-refractivity contribution is 0.0379. The van der Waals surface area contributed by atoms with Crippen LogP contribution in [0.1, 0.15) is 24.2 Å². The maximum absolute atomic E-state index is 12.4. The number of carbonyl (C=O) groups is 1. The molecule has 0 amide bonds. The molecule has 9 heteroatoms. The number of hydrogen-bond acceptors (Lipinski definition) is 8. The van der Waals surface area contributed by atoms with Crippen LogP contribution < -0.4 is 20.1 Å². The molecular formula is C22H23BrN4O4. The normalized spacial score (nSPS) is 10.5. The van der Waals surface area contributed by atoms with Crippen molar-refractivity contribution < 1.29 is 19.0 Å². The highest BCUT2D eigenvalue weighted by atomic mass is 79.9. The Morgan fingerprint density at radius 1 is 1.03 bits per heavy atom. The van der Waals surface area contributed by atoms with Crippen molar-refractivity contribution in [2.75, 3.05) is 24.9 Å². The number of carbonyl (C=O) groups excluding carboxylic acids is 1. The molecule has 1 aromatic heterocycles. The third-order valence-electron chi connectivity index (χ3n) is 4.14. The van der Waals surface area contributed by atoms with E-state index in [1.165, 1.54) is 0 Å². The number of anilines is 4. The molecule has 31 heavy (non-hydrogen) atoms. The molecule has 0 fully saturated rings. The Hall–Kier alpha value is -3.33. The Morgan fingerprint density at radius 3 is 2.52 bits per heavy atom. The van der Waals surface area contributed by atoms with Crippen LogP contribution in [0, 0.1) is 0 Å². The van der Waals surface area contributed by atoms with Crippen LogP contribution in [0.25, 0.3) is 0 Å². The minimum atomic E-state index is -0.414. The van der Waals surface area contributed by atoms with E-state index in [9.17, 15) is 4.79 Å². The van der Waals surface area contributed by atoms with Crippen molar-refractivity contribution in [1.82, 2.24) is 9.97 Å².